The first-order valence-electron chi connectivity index (χ1n) is 17.7. The predicted molar refractivity (Wildman–Crippen MR) is 204 cm³/mol. The van der Waals surface area contributed by atoms with Gasteiger partial charge < -0.3 is 19.1 Å². The van der Waals surface area contributed by atoms with Crippen LogP contribution in [0.5, 0.6) is 5.75 Å². The van der Waals surface area contributed by atoms with Crippen molar-refractivity contribution in [1.29, 1.82) is 0 Å². The Morgan fingerprint density at radius 3 is 2.35 bits per heavy atom. The van der Waals surface area contributed by atoms with Crippen LogP contribution >= 0.6 is 0 Å². The molecule has 1 fully saturated rings. The molecule has 54 heavy (non-hydrogen) atoms. The Balaban J connectivity index is 1.63. The predicted octanol–water partition coefficient (Wildman–Crippen LogP) is 8.02. The van der Waals surface area contributed by atoms with Crippen molar-refractivity contribution in [3.8, 4) is 28.0 Å². The number of anilines is 1. The Bertz CT molecular complexity index is 2310. The van der Waals surface area contributed by atoms with E-state index in [1.54, 1.807) is 51.2 Å². The largest absolute Gasteiger partial charge is 0.755 e. The van der Waals surface area contributed by atoms with Crippen molar-refractivity contribution in [2.24, 2.45) is 0 Å². The molecule has 6 rings (SSSR count). The number of benzene rings is 2. The van der Waals surface area contributed by atoms with Crippen molar-refractivity contribution in [2.45, 2.75) is 91.7 Å². The fraction of sp³-hybridized carbons (Fsp3) is 0.400. The highest BCUT2D eigenvalue weighted by Crippen LogP contribution is 2.52. The zero-order valence-electron chi connectivity index (χ0n) is 31.9. The number of carboxylic acid groups (broad SMARTS) is 1. The minimum absolute atomic E-state index is 0.0204. The van der Waals surface area contributed by atoms with Gasteiger partial charge in [-0.1, -0.05) is 39.0 Å². The standard InChI is InChI=1S/C40H46FN5O7S/c1-22-32(23(2)44(43-22)20-24-11-10-12-27(41)17-24)33-34-35(39(3,4)5)28(19-42-37(34)46(38(48)49)36(33)25-13-14-25)26-15-16-30(52-9)29(18-26)45(54(50)51)21-31(47)53-40(6,7)8/h10-12,15-19,25H,13-14,20-21H2,1-9H3,(H,48,49)(H,50,51)/p-1. The van der Waals surface area contributed by atoms with Crippen LogP contribution in [0.25, 0.3) is 33.3 Å². The Hall–Kier alpha value is -5.08. The lowest BCUT2D eigenvalue weighted by Gasteiger charge is -2.30. The molecule has 1 aliphatic carbocycles. The minimum atomic E-state index is -2.89. The Morgan fingerprint density at radius 2 is 1.78 bits per heavy atom. The average molecular weight is 759 g/mol. The van der Waals surface area contributed by atoms with Gasteiger partial charge in [0.2, 0.25) is 0 Å². The van der Waals surface area contributed by atoms with Gasteiger partial charge in [0, 0.05) is 56.8 Å². The number of fused-ring (bicyclic) bond motifs is 1. The second-order valence-corrected chi connectivity index (χ2v) is 16.6. The van der Waals surface area contributed by atoms with E-state index in [4.69, 9.17) is 19.6 Å². The van der Waals surface area contributed by atoms with E-state index < -0.39 is 40.9 Å². The van der Waals surface area contributed by atoms with Crippen LogP contribution < -0.4 is 9.04 Å². The number of rotatable bonds is 10. The molecule has 1 aliphatic rings. The average Bonchev–Trinajstić information content (AvgIpc) is 3.80. The third-order valence-electron chi connectivity index (χ3n) is 9.41. The van der Waals surface area contributed by atoms with E-state index in [1.807, 2.05) is 45.4 Å². The van der Waals surface area contributed by atoms with Crippen molar-refractivity contribution in [3.05, 3.63) is 82.7 Å². The van der Waals surface area contributed by atoms with Gasteiger partial charge in [-0.25, -0.2) is 18.7 Å². The van der Waals surface area contributed by atoms with Crippen LogP contribution in [0, 0.1) is 19.7 Å². The molecule has 0 amide bonds. The first kappa shape index (κ1) is 38.6. The van der Waals surface area contributed by atoms with Gasteiger partial charge in [-0.05, 0) is 93.8 Å². The van der Waals surface area contributed by atoms with Gasteiger partial charge in [0.05, 0.1) is 25.0 Å². The van der Waals surface area contributed by atoms with E-state index in [-0.39, 0.29) is 28.8 Å². The number of nitrogens with zero attached hydrogens (tertiary/aromatic N) is 5. The molecule has 5 aromatic rings. The normalized spacial score (nSPS) is 14.0. The summed E-state index contributed by atoms with van der Waals surface area (Å²) in [6.07, 6.45) is 2.09. The Morgan fingerprint density at radius 1 is 1.07 bits per heavy atom. The van der Waals surface area contributed by atoms with E-state index in [2.05, 4.69) is 0 Å². The van der Waals surface area contributed by atoms with E-state index >= 15 is 0 Å². The third kappa shape index (κ3) is 7.49. The van der Waals surface area contributed by atoms with Crippen molar-refractivity contribution in [3.63, 3.8) is 0 Å². The molecule has 0 bridgehead atoms. The Labute approximate surface area is 316 Å². The van der Waals surface area contributed by atoms with E-state index in [9.17, 15) is 27.8 Å². The summed E-state index contributed by atoms with van der Waals surface area (Å²) in [5.74, 6) is -0.899. The molecule has 1 atom stereocenters. The van der Waals surface area contributed by atoms with Gasteiger partial charge in [-0.15, -0.1) is 0 Å². The number of pyridine rings is 1. The highest BCUT2D eigenvalue weighted by Gasteiger charge is 2.39. The fourth-order valence-corrected chi connectivity index (χ4v) is 7.75. The van der Waals surface area contributed by atoms with Gasteiger partial charge in [-0.2, -0.15) is 5.10 Å². The van der Waals surface area contributed by atoms with Crippen LogP contribution in [0.4, 0.5) is 14.9 Å². The van der Waals surface area contributed by atoms with Crippen LogP contribution in [-0.4, -0.2) is 64.5 Å². The van der Waals surface area contributed by atoms with E-state index in [1.165, 1.54) is 23.8 Å². The lowest BCUT2D eigenvalue weighted by Crippen LogP contribution is -2.36. The van der Waals surface area contributed by atoms with Crippen molar-refractivity contribution in [1.82, 2.24) is 19.3 Å². The summed E-state index contributed by atoms with van der Waals surface area (Å²) in [5.41, 5.74) is 5.32. The topological polar surface area (TPSA) is 152 Å². The van der Waals surface area contributed by atoms with Gasteiger partial charge in [0.25, 0.3) is 0 Å². The zero-order valence-corrected chi connectivity index (χ0v) is 32.8. The molecule has 0 radical (unpaired) electrons. The molecule has 3 aromatic heterocycles. The van der Waals surface area contributed by atoms with Crippen molar-refractivity contribution >= 4 is 40.0 Å². The minimum Gasteiger partial charge on any atom is -0.755 e. The fourth-order valence-electron chi connectivity index (χ4n) is 7.23. The number of aromatic nitrogens is 4. The molecule has 0 saturated heterocycles. The molecule has 14 heteroatoms. The number of methoxy groups -OCH3 is 1. The summed E-state index contributed by atoms with van der Waals surface area (Å²) >= 11 is -2.89. The molecule has 0 spiro atoms. The molecule has 2 aromatic carbocycles. The summed E-state index contributed by atoms with van der Waals surface area (Å²) in [5, 5.41) is 16.3. The molecule has 1 N–H and O–H groups in total. The number of carbonyl (C=O) groups excluding carboxylic acids is 1. The first-order chi connectivity index (χ1) is 25.3. The molecule has 0 aliphatic heterocycles. The van der Waals surface area contributed by atoms with Gasteiger partial charge in [0.1, 0.15) is 23.7 Å². The number of aryl methyl sites for hydroxylation is 1. The lowest BCUT2D eigenvalue weighted by atomic mass is 9.79. The summed E-state index contributed by atoms with van der Waals surface area (Å²) in [6, 6.07) is 11.4. The number of halogens is 1. The summed E-state index contributed by atoms with van der Waals surface area (Å²) in [6.45, 7) is 14.7. The summed E-state index contributed by atoms with van der Waals surface area (Å²) in [4.78, 5) is 30.9. The smallest absolute Gasteiger partial charge is 0.417 e. The van der Waals surface area contributed by atoms with Crippen LogP contribution in [0.1, 0.15) is 88.5 Å². The number of hydrogen-bond acceptors (Lipinski definition) is 8. The zero-order chi connectivity index (χ0) is 39.4. The lowest BCUT2D eigenvalue weighted by molar-refractivity contribution is -0.152. The van der Waals surface area contributed by atoms with Gasteiger partial charge in [0.15, 0.2) is 5.65 Å². The highest BCUT2D eigenvalue weighted by molar-refractivity contribution is 7.80. The number of ether oxygens (including phenoxy) is 2. The monoisotopic (exact) mass is 758 g/mol. The van der Waals surface area contributed by atoms with E-state index in [0.717, 1.165) is 45.1 Å². The first-order valence-corrected chi connectivity index (χ1v) is 18.7. The van der Waals surface area contributed by atoms with Crippen LogP contribution in [0.15, 0.2) is 48.7 Å². The number of carbonyl (C=O) groups is 2. The van der Waals surface area contributed by atoms with Crippen LogP contribution in [0.3, 0.4) is 0 Å². The molecule has 3 heterocycles. The maximum atomic E-state index is 14.2. The molecule has 286 valence electrons. The molecular weight excluding hydrogens is 714 g/mol. The Kier molecular flexibility index (Phi) is 10.2. The summed E-state index contributed by atoms with van der Waals surface area (Å²) in [7, 11) is 1.41. The third-order valence-corrected chi connectivity index (χ3v) is 10.1. The number of esters is 1. The quantitative estimate of drug-likeness (QED) is 0.110. The van der Waals surface area contributed by atoms with Crippen LogP contribution in [0.2, 0.25) is 0 Å². The second-order valence-electron chi connectivity index (χ2n) is 15.7. The van der Waals surface area contributed by atoms with E-state index in [0.29, 0.717) is 34.4 Å². The van der Waals surface area contributed by atoms with Gasteiger partial charge >= 0.3 is 12.1 Å². The molecule has 1 unspecified atom stereocenters. The summed E-state index contributed by atoms with van der Waals surface area (Å²) < 4.78 is 54.5. The molecular formula is C40H45FN5O7S-. The van der Waals surface area contributed by atoms with Crippen molar-refractivity contribution in [2.75, 3.05) is 18.0 Å². The number of hydrogen-bond donors (Lipinski definition) is 1. The van der Waals surface area contributed by atoms with Crippen LogP contribution in [-0.2, 0) is 32.8 Å². The van der Waals surface area contributed by atoms with Crippen molar-refractivity contribution < 1.29 is 37.3 Å². The van der Waals surface area contributed by atoms with Gasteiger partial charge in [-0.3, -0.25) is 18.0 Å². The molecule has 1 saturated carbocycles. The maximum Gasteiger partial charge on any atom is 0.417 e. The SMILES string of the molecule is COc1ccc(-c2cnc3c(c(-c4c(C)nn(Cc5cccc(F)c5)c4C)c(C4CC4)n3C(=O)O)c2C(C)(C)C)cc1N(CC(=O)OC(C)(C)C)S(=O)[O-]. The highest BCUT2D eigenvalue weighted by atomic mass is 32.2. The maximum absolute atomic E-state index is 14.2. The molecule has 12 nitrogen and oxygen atoms in total. The second kappa shape index (κ2) is 14.3.